The highest BCUT2D eigenvalue weighted by Gasteiger charge is 2.32. The van der Waals surface area contributed by atoms with Crippen molar-refractivity contribution in [1.29, 1.82) is 0 Å². The minimum absolute atomic E-state index is 0.00403. The average Bonchev–Trinajstić information content (AvgIpc) is 4.16. The number of nitrogens with zero attached hydrogens (tertiary/aromatic N) is 8. The molecule has 57 heavy (non-hydrogen) atoms. The van der Waals surface area contributed by atoms with Crippen LogP contribution in [0.1, 0.15) is 49.2 Å². The lowest BCUT2D eigenvalue weighted by Gasteiger charge is -2.12. The Labute approximate surface area is 332 Å². The van der Waals surface area contributed by atoms with Gasteiger partial charge in [-0.2, -0.15) is 28.7 Å². The van der Waals surface area contributed by atoms with E-state index in [1.54, 1.807) is 28.8 Å². The van der Waals surface area contributed by atoms with Gasteiger partial charge in [-0.1, -0.05) is 47.5 Å². The van der Waals surface area contributed by atoms with Crippen LogP contribution in [0.2, 0.25) is 10.0 Å². The Morgan fingerprint density at radius 1 is 0.561 bits per heavy atom. The summed E-state index contributed by atoms with van der Waals surface area (Å²) in [7, 11) is 0. The van der Waals surface area contributed by atoms with E-state index in [1.807, 2.05) is 53.1 Å². The highest BCUT2D eigenvalue weighted by atomic mass is 35.5. The van der Waals surface area contributed by atoms with Gasteiger partial charge in [-0.05, 0) is 92.4 Å². The van der Waals surface area contributed by atoms with Crippen molar-refractivity contribution in [2.45, 2.75) is 37.5 Å². The van der Waals surface area contributed by atoms with Crippen molar-refractivity contribution in [2.75, 3.05) is 22.1 Å². The number of rotatable bonds is 8. The second-order valence-electron chi connectivity index (χ2n) is 13.7. The highest BCUT2D eigenvalue weighted by Crippen LogP contribution is 2.43. The first-order valence-corrected chi connectivity index (χ1v) is 18.7. The molecular formula is C40H31Cl2F3N12. The summed E-state index contributed by atoms with van der Waals surface area (Å²) >= 11 is 11.6. The fraction of sp³-hybridized carbons (Fsp3) is 0.150. The number of hydrogen-bond acceptors (Lipinski definition) is 10. The minimum Gasteiger partial charge on any atom is -0.381 e. The minimum atomic E-state index is -0.818. The molecule has 0 radical (unpaired) electrons. The van der Waals surface area contributed by atoms with Crippen molar-refractivity contribution in [3.05, 3.63) is 130 Å². The number of hydrogen-bond donors (Lipinski definition) is 4. The fourth-order valence-electron chi connectivity index (χ4n) is 6.39. The maximum atomic E-state index is 14.6. The van der Waals surface area contributed by atoms with E-state index in [-0.39, 0.29) is 39.9 Å². The molecule has 0 atom stereocenters. The average molecular weight is 808 g/mol. The molecule has 12 nitrogen and oxygen atoms in total. The van der Waals surface area contributed by atoms with Crippen LogP contribution in [0.15, 0.2) is 91.0 Å². The molecule has 0 amide bonds. The van der Waals surface area contributed by atoms with Crippen LogP contribution in [0, 0.1) is 17.5 Å². The Morgan fingerprint density at radius 2 is 1.02 bits per heavy atom. The number of fused-ring (bicyclic) bond motifs is 2. The Kier molecular flexibility index (Phi) is 9.25. The Hall–Kier alpha value is -6.45. The first-order valence-electron chi connectivity index (χ1n) is 18.0. The van der Waals surface area contributed by atoms with Crippen LogP contribution in [-0.2, 0) is 0 Å². The molecule has 2 saturated carbocycles. The van der Waals surface area contributed by atoms with Gasteiger partial charge in [-0.25, -0.2) is 14.4 Å². The maximum Gasteiger partial charge on any atom is 0.239 e. The van der Waals surface area contributed by atoms with E-state index in [2.05, 4.69) is 30.6 Å². The summed E-state index contributed by atoms with van der Waals surface area (Å²) in [5.74, 6) is 0.0286. The van der Waals surface area contributed by atoms with Gasteiger partial charge in [0.15, 0.2) is 23.3 Å². The summed E-state index contributed by atoms with van der Waals surface area (Å²) in [6, 6.07) is 26.3. The summed E-state index contributed by atoms with van der Waals surface area (Å²) < 4.78 is 46.7. The van der Waals surface area contributed by atoms with Crippen LogP contribution in [0.3, 0.4) is 0 Å². The highest BCUT2D eigenvalue weighted by molar-refractivity contribution is 6.31. The van der Waals surface area contributed by atoms with Gasteiger partial charge in [0.2, 0.25) is 23.5 Å². The molecule has 0 unspecified atom stereocenters. The van der Waals surface area contributed by atoms with E-state index < -0.39 is 17.5 Å². The molecule has 4 heterocycles. The molecule has 286 valence electrons. The molecular weight excluding hydrogens is 776 g/mol. The van der Waals surface area contributed by atoms with Crippen LogP contribution >= 0.6 is 23.2 Å². The zero-order valence-electron chi connectivity index (χ0n) is 29.8. The van der Waals surface area contributed by atoms with Gasteiger partial charge in [0.1, 0.15) is 17.5 Å². The van der Waals surface area contributed by atoms with Crippen LogP contribution in [-0.4, -0.2) is 39.0 Å². The molecule has 10 rings (SSSR count). The topological polar surface area (TPSA) is 163 Å². The normalized spacial score (nSPS) is 13.8. The zero-order valence-corrected chi connectivity index (χ0v) is 31.3. The number of nitrogens with one attached hydrogen (secondary N) is 2. The first kappa shape index (κ1) is 36.2. The molecule has 0 saturated heterocycles. The van der Waals surface area contributed by atoms with Crippen LogP contribution < -0.4 is 22.1 Å². The van der Waals surface area contributed by atoms with Gasteiger partial charge in [0.25, 0.3) is 0 Å². The predicted molar refractivity (Wildman–Crippen MR) is 215 cm³/mol. The van der Waals surface area contributed by atoms with Crippen LogP contribution in [0.25, 0.3) is 34.0 Å². The van der Waals surface area contributed by atoms with E-state index in [9.17, 15) is 13.2 Å². The summed E-state index contributed by atoms with van der Waals surface area (Å²) in [5, 5.41) is 6.27. The van der Waals surface area contributed by atoms with Gasteiger partial charge < -0.3 is 22.1 Å². The molecule has 0 bridgehead atoms. The van der Waals surface area contributed by atoms with E-state index in [1.165, 1.54) is 12.1 Å². The predicted octanol–water partition coefficient (Wildman–Crippen LogP) is 9.76. The Morgan fingerprint density at radius 3 is 1.49 bits per heavy atom. The molecule has 0 spiro atoms. The van der Waals surface area contributed by atoms with Crippen molar-refractivity contribution in [3.63, 3.8) is 0 Å². The molecule has 4 aromatic carbocycles. The first-order chi connectivity index (χ1) is 27.6. The number of anilines is 6. The number of aromatic nitrogens is 8. The van der Waals surface area contributed by atoms with E-state index in [0.717, 1.165) is 65.5 Å². The maximum absolute atomic E-state index is 14.6. The number of benzene rings is 4. The van der Waals surface area contributed by atoms with Crippen molar-refractivity contribution in [2.24, 2.45) is 0 Å². The number of para-hydroxylation sites is 4. The third-order valence-corrected chi connectivity index (χ3v) is 10.0. The van der Waals surface area contributed by atoms with E-state index in [0.29, 0.717) is 28.5 Å². The summed E-state index contributed by atoms with van der Waals surface area (Å²) in [6.45, 7) is 0. The summed E-state index contributed by atoms with van der Waals surface area (Å²) in [5.41, 5.74) is 16.0. The lowest BCUT2D eigenvalue weighted by molar-refractivity contribution is 0.621. The largest absolute Gasteiger partial charge is 0.381 e. The van der Waals surface area contributed by atoms with Crippen LogP contribution in [0.5, 0.6) is 0 Å². The third kappa shape index (κ3) is 7.22. The number of halogens is 5. The third-order valence-electron chi connectivity index (χ3n) is 9.48. The Bertz CT molecular complexity index is 2820. The quantitative estimate of drug-likeness (QED) is 0.116. The molecule has 4 aromatic heterocycles. The van der Waals surface area contributed by atoms with Crippen molar-refractivity contribution < 1.29 is 13.2 Å². The standard InChI is InChI=1S/C20H15ClF2N6.C20H16ClFN6/c21-12-8-7-11(9-13(12)22)25-18-16(23)17(24)27-20(28-18)29-15-4-2-1-3-14(15)26-19(29)10-5-6-10;21-12-7-9-13(10-8-12)24-18-16(22)17(23)26-20(27-18)28-15-4-2-1-3-14(15)25-19(28)11-5-6-11/h1-4,7-10H,5-6H2,(H3,24,25,27,28);1-4,7-11H,5-6H2,(H3,23,24,26,27). The van der Waals surface area contributed by atoms with Gasteiger partial charge in [0.05, 0.1) is 27.1 Å². The van der Waals surface area contributed by atoms with Crippen LogP contribution in [0.4, 0.5) is 47.8 Å². The lowest BCUT2D eigenvalue weighted by atomic mass is 10.3. The van der Waals surface area contributed by atoms with Gasteiger partial charge >= 0.3 is 0 Å². The lowest BCUT2D eigenvalue weighted by Crippen LogP contribution is -2.11. The Balaban J connectivity index is 0.000000148. The monoisotopic (exact) mass is 806 g/mol. The number of imidazole rings is 2. The summed E-state index contributed by atoms with van der Waals surface area (Å²) in [4.78, 5) is 26.6. The van der Waals surface area contributed by atoms with Gasteiger partial charge in [-0.15, -0.1) is 0 Å². The second-order valence-corrected chi connectivity index (χ2v) is 14.5. The van der Waals surface area contributed by atoms with Crippen molar-refractivity contribution >= 4 is 79.9 Å². The molecule has 0 aliphatic heterocycles. The molecule has 2 aliphatic carbocycles. The van der Waals surface area contributed by atoms with E-state index >= 15 is 0 Å². The van der Waals surface area contributed by atoms with Gasteiger partial charge in [0, 0.05) is 28.2 Å². The van der Waals surface area contributed by atoms with E-state index in [4.69, 9.17) is 44.6 Å². The fourth-order valence-corrected chi connectivity index (χ4v) is 6.63. The smallest absolute Gasteiger partial charge is 0.239 e. The SMILES string of the molecule is Nc1nc(-n2c(C3CC3)nc3ccccc32)nc(Nc2ccc(Cl)c(F)c2)c1F.Nc1nc(-n2c(C3CC3)nc3ccccc32)nc(Nc2ccc(Cl)cc2)c1F. The molecule has 2 fully saturated rings. The zero-order chi connectivity index (χ0) is 39.4. The molecule has 8 aromatic rings. The summed E-state index contributed by atoms with van der Waals surface area (Å²) in [6.07, 6.45) is 4.18. The molecule has 6 N–H and O–H groups in total. The second kappa shape index (κ2) is 14.6. The van der Waals surface area contributed by atoms with Crippen molar-refractivity contribution in [1.82, 2.24) is 39.0 Å². The van der Waals surface area contributed by atoms with Gasteiger partial charge in [-0.3, -0.25) is 9.13 Å². The molecule has 2 aliphatic rings. The number of nitrogen functional groups attached to an aromatic ring is 2. The molecule has 17 heteroatoms. The number of nitrogens with two attached hydrogens (primary N) is 2. The van der Waals surface area contributed by atoms with Crippen molar-refractivity contribution in [3.8, 4) is 11.9 Å².